The third-order valence-corrected chi connectivity index (χ3v) is 9.69. The zero-order valence-corrected chi connectivity index (χ0v) is 27.8. The van der Waals surface area contributed by atoms with Crippen LogP contribution in [0.5, 0.6) is 0 Å². The molecule has 1 aromatic heterocycles. The fourth-order valence-corrected chi connectivity index (χ4v) is 6.77. The molecule has 11 heteroatoms. The molecule has 0 bridgehead atoms. The highest BCUT2D eigenvalue weighted by molar-refractivity contribution is 6.42. The van der Waals surface area contributed by atoms with Crippen LogP contribution in [0.3, 0.4) is 0 Å². The van der Waals surface area contributed by atoms with E-state index in [0.29, 0.717) is 34.0 Å². The number of rotatable bonds is 7. The minimum absolute atomic E-state index is 0.253. The number of aliphatic imine (C=N–C) groups is 1. The Morgan fingerprint density at radius 3 is 2.61 bits per heavy atom. The molecule has 0 atom stereocenters. The second kappa shape index (κ2) is 13.9. The van der Waals surface area contributed by atoms with Crippen LogP contribution in [-0.4, -0.2) is 82.8 Å². The third-order valence-electron chi connectivity index (χ3n) is 9.29. The van der Waals surface area contributed by atoms with Gasteiger partial charge in [0, 0.05) is 75.8 Å². The summed E-state index contributed by atoms with van der Waals surface area (Å²) in [6.45, 7) is 8.89. The van der Waals surface area contributed by atoms with Gasteiger partial charge in [-0.15, -0.1) is 0 Å². The smallest absolute Gasteiger partial charge is 0.291 e. The van der Waals surface area contributed by atoms with Crippen molar-refractivity contribution < 1.29 is 14.3 Å². The number of carbonyl (C=O) groups is 2. The van der Waals surface area contributed by atoms with Crippen LogP contribution in [0.15, 0.2) is 58.7 Å². The van der Waals surface area contributed by atoms with Gasteiger partial charge in [-0.1, -0.05) is 35.9 Å². The zero-order valence-electron chi connectivity index (χ0n) is 27.0. The number of halogens is 1. The van der Waals surface area contributed by atoms with Crippen LogP contribution in [0.25, 0.3) is 11.1 Å². The summed E-state index contributed by atoms with van der Waals surface area (Å²) in [7, 11) is 3.93. The van der Waals surface area contributed by atoms with Gasteiger partial charge in [0.15, 0.2) is 5.82 Å². The van der Waals surface area contributed by atoms with Crippen molar-refractivity contribution in [1.29, 1.82) is 0 Å². The van der Waals surface area contributed by atoms with Gasteiger partial charge in [-0.3, -0.25) is 19.5 Å². The van der Waals surface area contributed by atoms with Gasteiger partial charge in [-0.25, -0.2) is 4.98 Å². The predicted molar refractivity (Wildman–Crippen MR) is 183 cm³/mol. The van der Waals surface area contributed by atoms with Gasteiger partial charge in [-0.2, -0.15) is 0 Å². The summed E-state index contributed by atoms with van der Waals surface area (Å²) in [4.78, 5) is 40.6. The van der Waals surface area contributed by atoms with Crippen molar-refractivity contribution in [3.05, 3.63) is 76.0 Å². The minimum Gasteiger partial charge on any atom is -0.381 e. The van der Waals surface area contributed by atoms with Crippen LogP contribution in [0.1, 0.15) is 55.1 Å². The second-order valence-corrected chi connectivity index (χ2v) is 12.9. The van der Waals surface area contributed by atoms with Crippen LogP contribution in [0, 0.1) is 0 Å². The summed E-state index contributed by atoms with van der Waals surface area (Å²) >= 11 is 6.86. The Balaban J connectivity index is 1.14. The number of anilines is 2. The molecule has 0 radical (unpaired) electrons. The molecular weight excluding hydrogens is 602 g/mol. The number of ether oxygens (including phenoxy) is 1. The number of hydrogen-bond donors (Lipinski definition) is 2. The van der Waals surface area contributed by atoms with Gasteiger partial charge in [0.05, 0.1) is 22.1 Å². The van der Waals surface area contributed by atoms with E-state index in [2.05, 4.69) is 39.4 Å². The van der Waals surface area contributed by atoms with E-state index in [1.165, 1.54) is 5.57 Å². The molecule has 0 unspecified atom stereocenters. The molecule has 1 fully saturated rings. The predicted octanol–water partition coefficient (Wildman–Crippen LogP) is 5.54. The molecular formula is C35H42ClN7O3. The van der Waals surface area contributed by atoms with Crippen LogP contribution in [0.2, 0.25) is 5.02 Å². The highest BCUT2D eigenvalue weighted by Gasteiger charge is 2.27. The Morgan fingerprint density at radius 2 is 1.80 bits per heavy atom. The molecule has 0 saturated carbocycles. The molecule has 6 rings (SSSR count). The maximum Gasteiger partial charge on any atom is 0.291 e. The van der Waals surface area contributed by atoms with E-state index >= 15 is 0 Å². The van der Waals surface area contributed by atoms with E-state index in [4.69, 9.17) is 21.3 Å². The number of nitrogens with zero attached hydrogens (tertiary/aromatic N) is 5. The summed E-state index contributed by atoms with van der Waals surface area (Å²) in [5, 5.41) is 6.37. The lowest BCUT2D eigenvalue weighted by Gasteiger charge is -2.37. The molecule has 3 aliphatic heterocycles. The first-order valence-electron chi connectivity index (χ1n) is 16.0. The van der Waals surface area contributed by atoms with E-state index < -0.39 is 0 Å². The molecule has 1 saturated heterocycles. The summed E-state index contributed by atoms with van der Waals surface area (Å²) in [6.07, 6.45) is 3.88. The maximum absolute atomic E-state index is 13.3. The van der Waals surface area contributed by atoms with Crippen LogP contribution in [-0.2, 0) is 29.5 Å². The number of nitrogens with one attached hydrogen (secondary N) is 2. The van der Waals surface area contributed by atoms with E-state index in [-0.39, 0.29) is 11.8 Å². The monoisotopic (exact) mass is 643 g/mol. The Kier molecular flexibility index (Phi) is 9.70. The first-order valence-corrected chi connectivity index (χ1v) is 16.4. The minimum atomic E-state index is -0.312. The normalized spacial score (nSPS) is 18.4. The number of fused-ring (bicyclic) bond motifs is 1. The number of carbonyl (C=O) groups excluding carboxylic acids is 2. The number of imidazole rings is 1. The van der Waals surface area contributed by atoms with E-state index in [1.54, 1.807) is 13.0 Å². The topological polar surface area (TPSA) is 104 Å². The van der Waals surface area contributed by atoms with Crippen molar-refractivity contribution in [2.45, 2.75) is 52.1 Å². The largest absolute Gasteiger partial charge is 0.381 e. The number of amides is 2. The number of aromatic nitrogens is 2. The number of hydrogen-bond acceptors (Lipinski definition) is 7. The Bertz CT molecular complexity index is 1710. The molecule has 10 nitrogen and oxygen atoms in total. The third kappa shape index (κ3) is 6.95. The summed E-state index contributed by atoms with van der Waals surface area (Å²) < 4.78 is 7.42. The van der Waals surface area contributed by atoms with Crippen molar-refractivity contribution in [1.82, 2.24) is 19.4 Å². The van der Waals surface area contributed by atoms with Gasteiger partial charge in [0.2, 0.25) is 0 Å². The summed E-state index contributed by atoms with van der Waals surface area (Å²) in [5.74, 6) is -0.204. The van der Waals surface area contributed by atoms with Crippen molar-refractivity contribution in [3.63, 3.8) is 0 Å². The van der Waals surface area contributed by atoms with Crippen LogP contribution >= 0.6 is 11.6 Å². The number of benzene rings is 2. The molecule has 2 aromatic carbocycles. The molecule has 242 valence electrons. The Hall–Kier alpha value is -3.83. The fourth-order valence-electron chi connectivity index (χ4n) is 6.49. The van der Waals surface area contributed by atoms with Crippen molar-refractivity contribution in [2.24, 2.45) is 12.0 Å². The van der Waals surface area contributed by atoms with Gasteiger partial charge in [-0.05, 0) is 69.5 Å². The van der Waals surface area contributed by atoms with E-state index in [0.717, 1.165) is 93.3 Å². The molecule has 4 heterocycles. The average Bonchev–Trinajstić information content (AvgIpc) is 3.38. The standard InChI is InChI=1S/C35H42ClN7O3/c1-22-11-16-43(26-13-17-46-18-14-26)21-29(22)37-23(2)34(44)38-25-8-5-7-24(19-25)27-9-6-10-28(32(27)36)40-35(45)33-39-30-20-41(3)15-12-31(30)42(33)4/h5-10,19,26H,11-18,20-21H2,1-4H3,(H,38,44)(H,40,45). The number of likely N-dealkylation sites (N-methyl/N-ethyl adjacent to an activating group) is 1. The highest BCUT2D eigenvalue weighted by atomic mass is 35.5. The van der Waals surface area contributed by atoms with Gasteiger partial charge in [0.1, 0.15) is 5.71 Å². The molecule has 2 amide bonds. The molecule has 0 aliphatic carbocycles. The fraction of sp³-hybridized carbons (Fsp3) is 0.429. The molecule has 46 heavy (non-hydrogen) atoms. The van der Waals surface area contributed by atoms with Crippen molar-refractivity contribution >= 4 is 40.5 Å². The highest BCUT2D eigenvalue weighted by Crippen LogP contribution is 2.35. The lowest BCUT2D eigenvalue weighted by Crippen LogP contribution is -2.43. The quantitative estimate of drug-likeness (QED) is 0.328. The average molecular weight is 644 g/mol. The van der Waals surface area contributed by atoms with Gasteiger partial charge >= 0.3 is 0 Å². The lowest BCUT2D eigenvalue weighted by atomic mass is 10.0. The summed E-state index contributed by atoms with van der Waals surface area (Å²) in [5.41, 5.74) is 7.30. The van der Waals surface area contributed by atoms with E-state index in [9.17, 15) is 9.59 Å². The summed E-state index contributed by atoms with van der Waals surface area (Å²) in [6, 6.07) is 13.5. The molecule has 3 aromatic rings. The van der Waals surface area contributed by atoms with Crippen LogP contribution in [0.4, 0.5) is 11.4 Å². The molecule has 3 aliphatic rings. The maximum atomic E-state index is 13.3. The van der Waals surface area contributed by atoms with Gasteiger partial charge in [0.25, 0.3) is 11.8 Å². The Labute approximate surface area is 275 Å². The van der Waals surface area contributed by atoms with Crippen molar-refractivity contribution in [2.75, 3.05) is 50.5 Å². The van der Waals surface area contributed by atoms with Crippen LogP contribution < -0.4 is 10.6 Å². The second-order valence-electron chi connectivity index (χ2n) is 12.5. The Morgan fingerprint density at radius 1 is 1.02 bits per heavy atom. The van der Waals surface area contributed by atoms with Gasteiger partial charge < -0.3 is 24.8 Å². The SMILES string of the molecule is CC(=NC1=C(C)CCN(C2CCOCC2)C1)C(=O)Nc1cccc(-c2cccc(NC(=O)c3nc4c(n3C)CCN(C)C4)c2Cl)c1. The lowest BCUT2D eigenvalue weighted by molar-refractivity contribution is -0.110. The molecule has 2 N–H and O–H groups in total. The van der Waals surface area contributed by atoms with E-state index in [1.807, 2.05) is 48.0 Å². The zero-order chi connectivity index (χ0) is 32.4. The van der Waals surface area contributed by atoms with Crippen molar-refractivity contribution in [3.8, 4) is 11.1 Å². The first kappa shape index (κ1) is 32.1. The first-order chi connectivity index (χ1) is 22.2. The molecule has 0 spiro atoms.